The molecule has 8 heteroatoms. The van der Waals surface area contributed by atoms with Crippen LogP contribution in [0.3, 0.4) is 0 Å². The van der Waals surface area contributed by atoms with E-state index in [1.807, 2.05) is 67.5 Å². The average Bonchev–Trinajstić information content (AvgIpc) is 2.95. The maximum Gasteiger partial charge on any atom is 0.321 e. The quantitative estimate of drug-likeness (QED) is 0.152. The Morgan fingerprint density at radius 2 is 1.70 bits per heavy atom. The molecule has 0 radical (unpaired) electrons. The van der Waals surface area contributed by atoms with E-state index < -0.39 is 17.3 Å². The van der Waals surface area contributed by atoms with Crippen molar-refractivity contribution in [2.24, 2.45) is 5.92 Å². The van der Waals surface area contributed by atoms with Gasteiger partial charge in [0.2, 0.25) is 0 Å². The minimum Gasteiger partial charge on any atom is -0.480 e. The molecule has 0 aromatic heterocycles. The fourth-order valence-corrected chi connectivity index (χ4v) is 7.46. The summed E-state index contributed by atoms with van der Waals surface area (Å²) in [5, 5.41) is 13.3. The van der Waals surface area contributed by atoms with Crippen LogP contribution in [0.4, 0.5) is 0 Å². The van der Waals surface area contributed by atoms with Crippen LogP contribution in [0.1, 0.15) is 67.8 Å². The zero-order valence-electron chi connectivity index (χ0n) is 24.4. The molecule has 222 valence electrons. The molecule has 2 aromatic carbocycles. The molecule has 1 fully saturated rings. The van der Waals surface area contributed by atoms with Crippen LogP contribution in [0.15, 0.2) is 48.5 Å². The van der Waals surface area contributed by atoms with Crippen LogP contribution in [-0.4, -0.2) is 70.6 Å². The monoisotopic (exact) mass is 606 g/mol. The first kappa shape index (κ1) is 34.7. The summed E-state index contributed by atoms with van der Waals surface area (Å²) < 4.78 is 0. The average molecular weight is 607 g/mol. The van der Waals surface area contributed by atoms with E-state index in [0.717, 1.165) is 34.6 Å². The molecule has 1 aliphatic rings. The summed E-state index contributed by atoms with van der Waals surface area (Å²) in [4.78, 5) is 29.0. The van der Waals surface area contributed by atoms with Crippen LogP contribution in [0, 0.1) is 12.8 Å². The molecule has 0 bridgehead atoms. The fourth-order valence-electron chi connectivity index (χ4n) is 5.91. The molecular formula is C32H47ClN2O3S2. The minimum absolute atomic E-state index is 0. The zero-order valence-corrected chi connectivity index (χ0v) is 26.9. The molecule has 0 heterocycles. The standard InChI is InChI=1S/C32H46N2O3S2.ClH/c1-5-39-21-25(19-24-14-7-6-8-15-24)34(22-33-3)29(32(36)37)20-30(38-4)31(35)28-18-12-11-17-27(28)26-16-10-9-13-23(26)2;/h9-13,16-18,24-25,29-30,33H,5-8,14-15,19-22H2,1-4H3,(H,36,37);1H/t25?,29-,30?;/m0./s1. The molecule has 2 N–H and O–H groups in total. The summed E-state index contributed by atoms with van der Waals surface area (Å²) in [6.07, 6.45) is 9.55. The van der Waals surface area contributed by atoms with Crippen molar-refractivity contribution in [2.45, 2.75) is 76.1 Å². The van der Waals surface area contributed by atoms with E-state index in [2.05, 4.69) is 30.1 Å². The third kappa shape index (κ3) is 9.52. The van der Waals surface area contributed by atoms with Gasteiger partial charge in [-0.3, -0.25) is 14.5 Å². The van der Waals surface area contributed by atoms with Gasteiger partial charge in [-0.05, 0) is 61.4 Å². The number of aliphatic carboxylic acids is 1. The normalized spacial score (nSPS) is 16.2. The van der Waals surface area contributed by atoms with Crippen LogP contribution < -0.4 is 5.32 Å². The van der Waals surface area contributed by atoms with Gasteiger partial charge in [-0.1, -0.05) is 87.6 Å². The molecule has 2 aromatic rings. The highest BCUT2D eigenvalue weighted by molar-refractivity contribution is 8.00. The number of hydrogen-bond acceptors (Lipinski definition) is 6. The first-order valence-corrected chi connectivity index (χ1v) is 16.8. The number of hydrogen-bond donors (Lipinski definition) is 2. The number of nitrogens with one attached hydrogen (secondary N) is 1. The number of Topliss-reactive ketones (excluding diaryl/α,β-unsaturated/α-hetero) is 1. The highest BCUT2D eigenvalue weighted by atomic mass is 35.5. The number of thioether (sulfide) groups is 2. The molecule has 1 saturated carbocycles. The Morgan fingerprint density at radius 1 is 1.05 bits per heavy atom. The molecule has 3 atom stereocenters. The van der Waals surface area contributed by atoms with Gasteiger partial charge < -0.3 is 10.4 Å². The van der Waals surface area contributed by atoms with Crippen molar-refractivity contribution in [1.29, 1.82) is 0 Å². The van der Waals surface area contributed by atoms with E-state index in [1.165, 1.54) is 43.9 Å². The maximum absolute atomic E-state index is 14.0. The fraction of sp³-hybridized carbons (Fsp3) is 0.562. The number of ketones is 1. The van der Waals surface area contributed by atoms with Crippen molar-refractivity contribution in [1.82, 2.24) is 10.2 Å². The van der Waals surface area contributed by atoms with Gasteiger partial charge in [0.05, 0.1) is 5.25 Å². The molecular weight excluding hydrogens is 560 g/mol. The Hall–Kier alpha value is -1.51. The highest BCUT2D eigenvalue weighted by Crippen LogP contribution is 2.33. The van der Waals surface area contributed by atoms with E-state index >= 15 is 0 Å². The Morgan fingerprint density at radius 3 is 2.30 bits per heavy atom. The van der Waals surface area contributed by atoms with Gasteiger partial charge in [-0.15, -0.1) is 12.4 Å². The lowest BCUT2D eigenvalue weighted by Gasteiger charge is -2.39. The van der Waals surface area contributed by atoms with Gasteiger partial charge in [0.25, 0.3) is 0 Å². The molecule has 5 nitrogen and oxygen atoms in total. The maximum atomic E-state index is 14.0. The van der Waals surface area contributed by atoms with Crippen molar-refractivity contribution in [3.05, 3.63) is 59.7 Å². The summed E-state index contributed by atoms with van der Waals surface area (Å²) >= 11 is 3.34. The molecule has 0 spiro atoms. The summed E-state index contributed by atoms with van der Waals surface area (Å²) in [6, 6.07) is 15.3. The van der Waals surface area contributed by atoms with E-state index in [-0.39, 0.29) is 30.7 Å². The number of carbonyl (C=O) groups excluding carboxylic acids is 1. The van der Waals surface area contributed by atoms with Crippen LogP contribution >= 0.6 is 35.9 Å². The predicted octanol–water partition coefficient (Wildman–Crippen LogP) is 7.41. The summed E-state index contributed by atoms with van der Waals surface area (Å²) in [6.45, 7) is 4.71. The Labute approximate surface area is 256 Å². The van der Waals surface area contributed by atoms with Crippen molar-refractivity contribution >= 4 is 47.7 Å². The lowest BCUT2D eigenvalue weighted by Crippen LogP contribution is -2.53. The first-order valence-electron chi connectivity index (χ1n) is 14.3. The Kier molecular flexibility index (Phi) is 15.7. The smallest absolute Gasteiger partial charge is 0.321 e. The zero-order chi connectivity index (χ0) is 28.2. The van der Waals surface area contributed by atoms with Gasteiger partial charge in [-0.2, -0.15) is 23.5 Å². The molecule has 2 unspecified atom stereocenters. The van der Waals surface area contributed by atoms with Crippen molar-refractivity contribution < 1.29 is 14.7 Å². The summed E-state index contributed by atoms with van der Waals surface area (Å²) in [5.74, 6) is 1.72. The lowest BCUT2D eigenvalue weighted by molar-refractivity contribution is -0.144. The van der Waals surface area contributed by atoms with Gasteiger partial charge in [0.1, 0.15) is 6.04 Å². The summed E-state index contributed by atoms with van der Waals surface area (Å²) in [5.41, 5.74) is 3.72. The van der Waals surface area contributed by atoms with Gasteiger partial charge in [0.15, 0.2) is 5.78 Å². The minimum atomic E-state index is -0.848. The third-order valence-electron chi connectivity index (χ3n) is 7.98. The SMILES string of the molecule is CCSCC(CC1CCCCC1)N(CNC)[C@@H](CC(SC)C(=O)c1ccccc1-c1ccccc1C)C(=O)O.Cl. The molecule has 3 rings (SSSR count). The molecule has 0 aliphatic heterocycles. The Bertz CT molecular complexity index is 1060. The number of carboxylic acids is 1. The van der Waals surface area contributed by atoms with E-state index in [0.29, 0.717) is 18.2 Å². The van der Waals surface area contributed by atoms with Crippen LogP contribution in [0.25, 0.3) is 11.1 Å². The number of carbonyl (C=O) groups is 2. The second-order valence-electron chi connectivity index (χ2n) is 10.6. The first-order chi connectivity index (χ1) is 18.9. The van der Waals surface area contributed by atoms with Gasteiger partial charge in [-0.25, -0.2) is 0 Å². The highest BCUT2D eigenvalue weighted by Gasteiger charge is 2.36. The van der Waals surface area contributed by atoms with Gasteiger partial charge >= 0.3 is 5.97 Å². The van der Waals surface area contributed by atoms with E-state index in [9.17, 15) is 14.7 Å². The van der Waals surface area contributed by atoms with Crippen LogP contribution in [0.2, 0.25) is 0 Å². The number of rotatable bonds is 16. The number of aryl methyl sites for hydroxylation is 1. The second-order valence-corrected chi connectivity index (χ2v) is 13.0. The number of nitrogens with zero attached hydrogens (tertiary/aromatic N) is 1. The molecule has 0 saturated heterocycles. The number of benzene rings is 2. The van der Waals surface area contributed by atoms with Crippen molar-refractivity contribution in [3.63, 3.8) is 0 Å². The lowest BCUT2D eigenvalue weighted by atomic mass is 9.84. The second kappa shape index (κ2) is 18.1. The van der Waals surface area contributed by atoms with E-state index in [1.54, 1.807) is 0 Å². The predicted molar refractivity (Wildman–Crippen MR) is 175 cm³/mol. The number of halogens is 1. The molecule has 1 aliphatic carbocycles. The molecule has 40 heavy (non-hydrogen) atoms. The van der Waals surface area contributed by atoms with Gasteiger partial charge in [0, 0.05) is 24.0 Å². The van der Waals surface area contributed by atoms with Crippen molar-refractivity contribution in [2.75, 3.05) is 31.5 Å². The summed E-state index contributed by atoms with van der Waals surface area (Å²) in [7, 11) is 1.88. The van der Waals surface area contributed by atoms with Crippen molar-refractivity contribution in [3.8, 4) is 11.1 Å². The van der Waals surface area contributed by atoms with E-state index in [4.69, 9.17) is 0 Å². The van der Waals surface area contributed by atoms with Crippen LogP contribution in [0.5, 0.6) is 0 Å². The Balaban J connectivity index is 0.00000560. The largest absolute Gasteiger partial charge is 0.480 e. The topological polar surface area (TPSA) is 69.6 Å². The number of carboxylic acid groups (broad SMARTS) is 1. The van der Waals surface area contributed by atoms with Crippen LogP contribution in [-0.2, 0) is 4.79 Å². The third-order valence-corrected chi connectivity index (χ3v) is 9.99. The molecule has 0 amide bonds.